The first kappa shape index (κ1) is 18.8. The fourth-order valence-corrected chi connectivity index (χ4v) is 2.04. The Morgan fingerprint density at radius 1 is 1.22 bits per heavy atom. The van der Waals surface area contributed by atoms with Crippen LogP contribution < -0.4 is 15.8 Å². The molecule has 0 saturated heterocycles. The summed E-state index contributed by atoms with van der Waals surface area (Å²) in [6.07, 6.45) is 1.32. The van der Waals surface area contributed by atoms with Crippen LogP contribution in [0.5, 0.6) is 5.75 Å². The van der Waals surface area contributed by atoms with Crippen molar-refractivity contribution in [2.45, 2.75) is 51.7 Å². The molecule has 1 aromatic rings. The number of hydrogen-bond acceptors (Lipinski definition) is 4. The van der Waals surface area contributed by atoms with E-state index in [1.165, 1.54) is 0 Å². The van der Waals surface area contributed by atoms with Crippen molar-refractivity contribution in [1.82, 2.24) is 5.32 Å². The zero-order valence-electron chi connectivity index (χ0n) is 14.2. The molecule has 0 aliphatic heterocycles. The highest BCUT2D eigenvalue weighted by molar-refractivity contribution is 5.84. The molecule has 0 fully saturated rings. The normalized spacial score (nSPS) is 12.3. The van der Waals surface area contributed by atoms with Crippen molar-refractivity contribution in [1.29, 1.82) is 0 Å². The lowest BCUT2D eigenvalue weighted by atomic mass is 10.0. The molecule has 0 radical (unpaired) electrons. The van der Waals surface area contributed by atoms with Gasteiger partial charge in [0.25, 0.3) is 0 Å². The number of hydrogen-bond donors (Lipinski definition) is 2. The van der Waals surface area contributed by atoms with E-state index < -0.39 is 23.6 Å². The molecule has 1 rings (SSSR count). The van der Waals surface area contributed by atoms with E-state index in [0.717, 1.165) is 24.2 Å². The third-order valence-corrected chi connectivity index (χ3v) is 3.15. The molecule has 0 aromatic heterocycles. The van der Waals surface area contributed by atoms with Gasteiger partial charge in [-0.15, -0.1) is 0 Å². The number of aryl methyl sites for hydroxylation is 1. The van der Waals surface area contributed by atoms with Crippen molar-refractivity contribution in [3.63, 3.8) is 0 Å². The average molecular weight is 322 g/mol. The van der Waals surface area contributed by atoms with Crippen molar-refractivity contribution >= 4 is 12.0 Å². The van der Waals surface area contributed by atoms with Crippen LogP contribution in [-0.2, 0) is 16.0 Å². The van der Waals surface area contributed by atoms with Crippen LogP contribution in [-0.4, -0.2) is 30.8 Å². The average Bonchev–Trinajstić information content (AvgIpc) is 2.44. The van der Waals surface area contributed by atoms with Gasteiger partial charge in [-0.2, -0.15) is 0 Å². The Morgan fingerprint density at radius 2 is 1.83 bits per heavy atom. The second-order valence-corrected chi connectivity index (χ2v) is 6.34. The minimum atomic E-state index is -0.733. The smallest absolute Gasteiger partial charge is 0.408 e. The van der Waals surface area contributed by atoms with Crippen LogP contribution in [0.2, 0.25) is 0 Å². The molecule has 0 heterocycles. The monoisotopic (exact) mass is 322 g/mol. The standard InChI is InChI=1S/C17H26N2O4/c1-17(2,3)23-16(21)19-14(15(18)20)7-5-6-12-8-10-13(22-4)11-9-12/h8-11,14H,5-7H2,1-4H3,(H2,18,20)(H,19,21). The minimum Gasteiger partial charge on any atom is -0.497 e. The fraction of sp³-hybridized carbons (Fsp3) is 0.529. The van der Waals surface area contributed by atoms with Crippen molar-refractivity contribution in [2.24, 2.45) is 5.73 Å². The lowest BCUT2D eigenvalue weighted by Gasteiger charge is -2.22. The summed E-state index contributed by atoms with van der Waals surface area (Å²) in [5, 5.41) is 2.52. The van der Waals surface area contributed by atoms with Crippen LogP contribution in [0, 0.1) is 0 Å². The number of methoxy groups -OCH3 is 1. The summed E-state index contributed by atoms with van der Waals surface area (Å²) in [5.74, 6) is 0.237. The Balaban J connectivity index is 2.46. The zero-order valence-corrected chi connectivity index (χ0v) is 14.2. The summed E-state index contributed by atoms with van der Waals surface area (Å²) in [4.78, 5) is 23.2. The number of nitrogens with two attached hydrogens (primary N) is 1. The first-order valence-corrected chi connectivity index (χ1v) is 7.63. The number of benzene rings is 1. The topological polar surface area (TPSA) is 90.7 Å². The van der Waals surface area contributed by atoms with Gasteiger partial charge in [0, 0.05) is 0 Å². The first-order chi connectivity index (χ1) is 10.7. The van der Waals surface area contributed by atoms with Crippen LogP contribution >= 0.6 is 0 Å². The number of ether oxygens (including phenoxy) is 2. The van der Waals surface area contributed by atoms with Crippen molar-refractivity contribution in [3.05, 3.63) is 29.8 Å². The summed E-state index contributed by atoms with van der Waals surface area (Å²) in [5.41, 5.74) is 5.86. The van der Waals surface area contributed by atoms with E-state index in [1.807, 2.05) is 24.3 Å². The molecule has 1 aromatic carbocycles. The lowest BCUT2D eigenvalue weighted by Crippen LogP contribution is -2.46. The highest BCUT2D eigenvalue weighted by Crippen LogP contribution is 2.14. The predicted molar refractivity (Wildman–Crippen MR) is 88.3 cm³/mol. The van der Waals surface area contributed by atoms with Gasteiger partial charge in [0.1, 0.15) is 17.4 Å². The molecule has 0 spiro atoms. The molecule has 6 nitrogen and oxygen atoms in total. The van der Waals surface area contributed by atoms with Gasteiger partial charge in [0.05, 0.1) is 7.11 Å². The quantitative estimate of drug-likeness (QED) is 0.806. The Morgan fingerprint density at radius 3 is 2.30 bits per heavy atom. The molecule has 2 amide bonds. The van der Waals surface area contributed by atoms with Gasteiger partial charge in [-0.05, 0) is 57.7 Å². The van der Waals surface area contributed by atoms with Gasteiger partial charge in [0.15, 0.2) is 0 Å². The van der Waals surface area contributed by atoms with Gasteiger partial charge in [-0.3, -0.25) is 4.79 Å². The van der Waals surface area contributed by atoms with Gasteiger partial charge < -0.3 is 20.5 Å². The van der Waals surface area contributed by atoms with E-state index in [1.54, 1.807) is 27.9 Å². The van der Waals surface area contributed by atoms with E-state index in [2.05, 4.69) is 5.32 Å². The van der Waals surface area contributed by atoms with Gasteiger partial charge in [0.2, 0.25) is 5.91 Å². The fourth-order valence-electron chi connectivity index (χ4n) is 2.04. The van der Waals surface area contributed by atoms with E-state index in [-0.39, 0.29) is 0 Å². The van der Waals surface area contributed by atoms with E-state index in [0.29, 0.717) is 6.42 Å². The molecule has 1 unspecified atom stereocenters. The lowest BCUT2D eigenvalue weighted by molar-refractivity contribution is -0.120. The number of primary amides is 1. The molecule has 3 N–H and O–H groups in total. The van der Waals surface area contributed by atoms with Crippen molar-refractivity contribution in [2.75, 3.05) is 7.11 Å². The Labute approximate surface area is 137 Å². The third-order valence-electron chi connectivity index (χ3n) is 3.15. The summed E-state index contributed by atoms with van der Waals surface area (Å²) < 4.78 is 10.2. The van der Waals surface area contributed by atoms with Gasteiger partial charge in [-0.25, -0.2) is 4.79 Å². The second-order valence-electron chi connectivity index (χ2n) is 6.34. The summed E-state index contributed by atoms with van der Waals surface area (Å²) in [6, 6.07) is 6.99. The molecule has 23 heavy (non-hydrogen) atoms. The molecule has 128 valence electrons. The first-order valence-electron chi connectivity index (χ1n) is 7.63. The maximum Gasteiger partial charge on any atom is 0.408 e. The maximum atomic E-state index is 11.7. The zero-order chi connectivity index (χ0) is 17.5. The molecule has 0 saturated carbocycles. The van der Waals surface area contributed by atoms with Crippen LogP contribution in [0.4, 0.5) is 4.79 Å². The summed E-state index contributed by atoms with van der Waals surface area (Å²) >= 11 is 0. The number of rotatable bonds is 7. The van der Waals surface area contributed by atoms with Crippen LogP contribution in [0.25, 0.3) is 0 Å². The van der Waals surface area contributed by atoms with Gasteiger partial charge >= 0.3 is 6.09 Å². The number of amides is 2. The summed E-state index contributed by atoms with van der Waals surface area (Å²) in [7, 11) is 1.62. The second kappa shape index (κ2) is 8.41. The molecule has 0 aliphatic rings. The molecular formula is C17H26N2O4. The SMILES string of the molecule is COc1ccc(CCCC(NC(=O)OC(C)(C)C)C(N)=O)cc1. The Bertz CT molecular complexity index is 520. The van der Waals surface area contributed by atoms with Crippen LogP contribution in [0.3, 0.4) is 0 Å². The van der Waals surface area contributed by atoms with Crippen LogP contribution in [0.15, 0.2) is 24.3 Å². The number of carbonyl (C=O) groups is 2. The number of nitrogens with one attached hydrogen (secondary N) is 1. The third kappa shape index (κ3) is 7.54. The largest absolute Gasteiger partial charge is 0.497 e. The van der Waals surface area contributed by atoms with Gasteiger partial charge in [-0.1, -0.05) is 12.1 Å². The predicted octanol–water partition coefficient (Wildman–Crippen LogP) is 2.40. The molecule has 6 heteroatoms. The minimum absolute atomic E-state index is 0.459. The van der Waals surface area contributed by atoms with E-state index in [9.17, 15) is 9.59 Å². The molecule has 0 bridgehead atoms. The molecular weight excluding hydrogens is 296 g/mol. The highest BCUT2D eigenvalue weighted by Gasteiger charge is 2.22. The van der Waals surface area contributed by atoms with Crippen molar-refractivity contribution < 1.29 is 19.1 Å². The van der Waals surface area contributed by atoms with Crippen LogP contribution in [0.1, 0.15) is 39.2 Å². The van der Waals surface area contributed by atoms with E-state index >= 15 is 0 Å². The highest BCUT2D eigenvalue weighted by atomic mass is 16.6. The van der Waals surface area contributed by atoms with Crippen molar-refractivity contribution in [3.8, 4) is 5.75 Å². The number of alkyl carbamates (subject to hydrolysis) is 1. The molecule has 0 aliphatic carbocycles. The maximum absolute atomic E-state index is 11.7. The Hall–Kier alpha value is -2.24. The summed E-state index contributed by atoms with van der Waals surface area (Å²) in [6.45, 7) is 5.28. The Kier molecular flexibility index (Phi) is 6.88. The number of carbonyl (C=O) groups excluding carboxylic acids is 2. The van der Waals surface area contributed by atoms with E-state index in [4.69, 9.17) is 15.2 Å². The molecule has 1 atom stereocenters.